The molecule has 0 atom stereocenters. The molecule has 4 heteroatoms. The Bertz CT molecular complexity index is 903. The SMILES string of the molecule is O=C([O-])/C=C/c1coc2c(ccc3ccccc32)c1=O. The maximum atomic E-state index is 12.3. The summed E-state index contributed by atoms with van der Waals surface area (Å²) in [6, 6.07) is 11.1. The highest BCUT2D eigenvalue weighted by Crippen LogP contribution is 2.23. The van der Waals surface area contributed by atoms with Gasteiger partial charge in [0.15, 0.2) is 5.43 Å². The first kappa shape index (κ1) is 12.2. The van der Waals surface area contributed by atoms with Gasteiger partial charge in [-0.05, 0) is 23.6 Å². The number of fused-ring (bicyclic) bond motifs is 3. The monoisotopic (exact) mass is 265 g/mol. The molecule has 0 aliphatic carbocycles. The first-order valence-corrected chi connectivity index (χ1v) is 5.99. The van der Waals surface area contributed by atoms with E-state index in [0.29, 0.717) is 11.0 Å². The van der Waals surface area contributed by atoms with Crippen molar-refractivity contribution in [1.82, 2.24) is 0 Å². The molecule has 98 valence electrons. The Labute approximate surface area is 113 Å². The zero-order valence-corrected chi connectivity index (χ0v) is 10.3. The lowest BCUT2D eigenvalue weighted by atomic mass is 10.1. The molecule has 20 heavy (non-hydrogen) atoms. The molecule has 0 saturated carbocycles. The predicted octanol–water partition coefficient (Wildman–Crippen LogP) is 1.71. The second-order valence-electron chi connectivity index (χ2n) is 4.34. The van der Waals surface area contributed by atoms with Gasteiger partial charge in [0.2, 0.25) is 0 Å². The molecule has 0 bridgehead atoms. The molecule has 0 radical (unpaired) electrons. The fourth-order valence-electron chi connectivity index (χ4n) is 2.15. The summed E-state index contributed by atoms with van der Waals surface area (Å²) < 4.78 is 5.50. The molecule has 0 aliphatic heterocycles. The molecular formula is C16H9O4-. The van der Waals surface area contributed by atoms with Crippen molar-refractivity contribution in [2.24, 2.45) is 0 Å². The molecule has 0 unspecified atom stereocenters. The van der Waals surface area contributed by atoms with Gasteiger partial charge in [0.1, 0.15) is 11.8 Å². The number of hydrogen-bond donors (Lipinski definition) is 0. The Balaban J connectivity index is 2.32. The van der Waals surface area contributed by atoms with E-state index < -0.39 is 5.97 Å². The van der Waals surface area contributed by atoms with E-state index in [1.165, 1.54) is 12.3 Å². The third kappa shape index (κ3) is 1.97. The molecule has 0 saturated heterocycles. The van der Waals surface area contributed by atoms with Crippen LogP contribution in [0, 0.1) is 0 Å². The van der Waals surface area contributed by atoms with E-state index in [9.17, 15) is 14.7 Å². The number of aliphatic carboxylic acids is 1. The predicted molar refractivity (Wildman–Crippen MR) is 74.0 cm³/mol. The van der Waals surface area contributed by atoms with E-state index in [1.54, 1.807) is 6.07 Å². The van der Waals surface area contributed by atoms with E-state index in [4.69, 9.17) is 4.42 Å². The summed E-state index contributed by atoms with van der Waals surface area (Å²) in [5.41, 5.74) is 0.408. The zero-order valence-electron chi connectivity index (χ0n) is 10.3. The minimum Gasteiger partial charge on any atom is -0.545 e. The van der Waals surface area contributed by atoms with Crippen molar-refractivity contribution in [1.29, 1.82) is 0 Å². The highest BCUT2D eigenvalue weighted by molar-refractivity contribution is 6.04. The Kier molecular flexibility index (Phi) is 2.84. The smallest absolute Gasteiger partial charge is 0.199 e. The Morgan fingerprint density at radius 2 is 1.90 bits per heavy atom. The van der Waals surface area contributed by atoms with Crippen molar-refractivity contribution in [3.05, 3.63) is 64.5 Å². The highest BCUT2D eigenvalue weighted by Gasteiger charge is 2.07. The minimum atomic E-state index is -1.36. The van der Waals surface area contributed by atoms with Crippen LogP contribution in [0.3, 0.4) is 0 Å². The lowest BCUT2D eigenvalue weighted by Crippen LogP contribution is -2.18. The van der Waals surface area contributed by atoms with Crippen LogP contribution < -0.4 is 10.5 Å². The summed E-state index contributed by atoms with van der Waals surface area (Å²) in [7, 11) is 0. The fourth-order valence-corrected chi connectivity index (χ4v) is 2.15. The van der Waals surface area contributed by atoms with E-state index >= 15 is 0 Å². The number of carboxylic acids is 1. The molecule has 2 aromatic carbocycles. The van der Waals surface area contributed by atoms with Crippen molar-refractivity contribution >= 4 is 33.8 Å². The molecule has 0 N–H and O–H groups in total. The molecule has 0 spiro atoms. The average Bonchev–Trinajstić information content (AvgIpc) is 2.46. The highest BCUT2D eigenvalue weighted by atomic mass is 16.4. The molecule has 1 heterocycles. The lowest BCUT2D eigenvalue weighted by Gasteiger charge is -2.03. The van der Waals surface area contributed by atoms with Gasteiger partial charge in [0, 0.05) is 5.39 Å². The Morgan fingerprint density at radius 3 is 2.70 bits per heavy atom. The van der Waals surface area contributed by atoms with Gasteiger partial charge in [-0.15, -0.1) is 0 Å². The molecule has 1 aromatic heterocycles. The topological polar surface area (TPSA) is 70.3 Å². The summed E-state index contributed by atoms with van der Waals surface area (Å²) in [6.07, 6.45) is 3.24. The summed E-state index contributed by atoms with van der Waals surface area (Å²) >= 11 is 0. The van der Waals surface area contributed by atoms with E-state index in [2.05, 4.69) is 0 Å². The summed E-state index contributed by atoms with van der Waals surface area (Å²) in [6.45, 7) is 0. The van der Waals surface area contributed by atoms with Crippen molar-refractivity contribution in [3.8, 4) is 0 Å². The van der Waals surface area contributed by atoms with Crippen molar-refractivity contribution in [2.45, 2.75) is 0 Å². The van der Waals surface area contributed by atoms with Gasteiger partial charge >= 0.3 is 0 Å². The van der Waals surface area contributed by atoms with Crippen LogP contribution in [0.25, 0.3) is 27.8 Å². The first-order valence-electron chi connectivity index (χ1n) is 5.99. The van der Waals surface area contributed by atoms with Gasteiger partial charge in [-0.3, -0.25) is 4.79 Å². The van der Waals surface area contributed by atoms with Crippen LogP contribution in [0.1, 0.15) is 5.56 Å². The molecule has 4 nitrogen and oxygen atoms in total. The number of rotatable bonds is 2. The number of carbonyl (C=O) groups is 1. The molecule has 3 rings (SSSR count). The van der Waals surface area contributed by atoms with Gasteiger partial charge in [-0.2, -0.15) is 0 Å². The number of hydrogen-bond acceptors (Lipinski definition) is 4. The lowest BCUT2D eigenvalue weighted by molar-refractivity contribution is -0.297. The maximum Gasteiger partial charge on any atom is 0.199 e. The number of carboxylic acid groups (broad SMARTS) is 1. The van der Waals surface area contributed by atoms with Crippen LogP contribution in [-0.2, 0) is 4.79 Å². The van der Waals surface area contributed by atoms with Gasteiger partial charge in [-0.25, -0.2) is 0 Å². The quantitative estimate of drug-likeness (QED) is 0.522. The van der Waals surface area contributed by atoms with Crippen molar-refractivity contribution in [2.75, 3.05) is 0 Å². The molecule has 3 aromatic rings. The molecule has 0 fully saturated rings. The Morgan fingerprint density at radius 1 is 1.10 bits per heavy atom. The first-order chi connectivity index (χ1) is 9.66. The van der Waals surface area contributed by atoms with Crippen LogP contribution in [-0.4, -0.2) is 5.97 Å². The summed E-state index contributed by atoms with van der Waals surface area (Å²) in [5.74, 6) is -1.36. The molecule has 0 aliphatic rings. The van der Waals surface area contributed by atoms with Gasteiger partial charge in [0.25, 0.3) is 0 Å². The van der Waals surface area contributed by atoms with E-state index in [1.807, 2.05) is 30.3 Å². The van der Waals surface area contributed by atoms with E-state index in [-0.39, 0.29) is 11.0 Å². The van der Waals surface area contributed by atoms with Crippen LogP contribution in [0.15, 0.2) is 57.9 Å². The molecular weight excluding hydrogens is 256 g/mol. The van der Waals surface area contributed by atoms with Crippen LogP contribution in [0.5, 0.6) is 0 Å². The van der Waals surface area contributed by atoms with Gasteiger partial charge in [-0.1, -0.05) is 30.3 Å². The van der Waals surface area contributed by atoms with Gasteiger partial charge in [0.05, 0.1) is 16.9 Å². The van der Waals surface area contributed by atoms with Crippen LogP contribution >= 0.6 is 0 Å². The average molecular weight is 265 g/mol. The summed E-state index contributed by atoms with van der Waals surface area (Å²) in [4.78, 5) is 22.7. The van der Waals surface area contributed by atoms with Crippen LogP contribution in [0.4, 0.5) is 0 Å². The third-order valence-corrected chi connectivity index (χ3v) is 3.09. The largest absolute Gasteiger partial charge is 0.545 e. The second-order valence-corrected chi connectivity index (χ2v) is 4.34. The van der Waals surface area contributed by atoms with E-state index in [0.717, 1.165) is 16.8 Å². The zero-order chi connectivity index (χ0) is 14.1. The third-order valence-electron chi connectivity index (χ3n) is 3.09. The van der Waals surface area contributed by atoms with Crippen LogP contribution in [0.2, 0.25) is 0 Å². The Hall–Kier alpha value is -2.88. The van der Waals surface area contributed by atoms with Gasteiger partial charge < -0.3 is 14.3 Å². The maximum absolute atomic E-state index is 12.3. The normalized spacial score (nSPS) is 11.4. The fraction of sp³-hybridized carbons (Fsp3) is 0. The second kappa shape index (κ2) is 4.66. The van der Waals surface area contributed by atoms with Crippen molar-refractivity contribution in [3.63, 3.8) is 0 Å². The summed E-state index contributed by atoms with van der Waals surface area (Å²) in [5, 5.41) is 12.6. The standard InChI is InChI=1S/C16H10O4/c17-14(18)8-6-11-9-20-16-12-4-2-1-3-10(12)5-7-13(16)15(11)19/h1-9H,(H,17,18)/p-1/b8-6+. The number of carbonyl (C=O) groups excluding carboxylic acids is 1. The molecule has 0 amide bonds. The minimum absolute atomic E-state index is 0.178. The number of benzene rings is 2. The van der Waals surface area contributed by atoms with Crippen molar-refractivity contribution < 1.29 is 14.3 Å².